The van der Waals surface area contributed by atoms with Crippen LogP contribution in [-0.2, 0) is 6.54 Å². The zero-order chi connectivity index (χ0) is 8.27. The molecule has 0 spiro atoms. The molecular weight excluding hydrogens is 142 g/mol. The van der Waals surface area contributed by atoms with Gasteiger partial charge >= 0.3 is 0 Å². The first-order valence-electron chi connectivity index (χ1n) is 3.29. The van der Waals surface area contributed by atoms with Crippen molar-refractivity contribution >= 4 is 0 Å². The highest BCUT2D eigenvalue weighted by molar-refractivity contribution is 5.05. The third kappa shape index (κ3) is 1.71. The molecule has 0 aliphatic heterocycles. The van der Waals surface area contributed by atoms with Gasteiger partial charge in [-0.05, 0) is 13.8 Å². The van der Waals surface area contributed by atoms with Gasteiger partial charge in [0.25, 0.3) is 0 Å². The van der Waals surface area contributed by atoms with Crippen LogP contribution in [0, 0.1) is 25.3 Å². The first kappa shape index (κ1) is 7.61. The molecule has 0 aromatic carbocycles. The Morgan fingerprint density at radius 3 is 2.82 bits per heavy atom. The molecular formula is C7H9N3O. The van der Waals surface area contributed by atoms with Crippen LogP contribution in [0.3, 0.4) is 0 Å². The molecule has 4 heteroatoms. The molecule has 0 aliphatic carbocycles. The number of nitrogens with one attached hydrogen (secondary N) is 1. The van der Waals surface area contributed by atoms with Crippen LogP contribution in [0.5, 0.6) is 0 Å². The number of aromatic nitrogens is 1. The summed E-state index contributed by atoms with van der Waals surface area (Å²) in [6, 6.07) is 0. The lowest BCUT2D eigenvalue weighted by molar-refractivity contribution is 0.463. The average Bonchev–Trinajstić information content (AvgIpc) is 2.28. The molecule has 0 amide bonds. The molecule has 1 aromatic heterocycles. The van der Waals surface area contributed by atoms with Gasteiger partial charge in [-0.15, -0.1) is 0 Å². The highest BCUT2D eigenvalue weighted by Crippen LogP contribution is 2.07. The van der Waals surface area contributed by atoms with Gasteiger partial charge in [0.1, 0.15) is 12.3 Å². The van der Waals surface area contributed by atoms with Crippen molar-refractivity contribution in [2.45, 2.75) is 20.4 Å². The maximum atomic E-state index is 8.17. The minimum Gasteiger partial charge on any atom is -0.444 e. The standard InChI is InChI=1S/C7H9N3O/c1-5-6(2)11-7(10-5)3-9-4-8/h9H,3H2,1-2H3. The number of hydrogen-bond acceptors (Lipinski definition) is 4. The van der Waals surface area contributed by atoms with Crippen molar-refractivity contribution < 1.29 is 4.42 Å². The third-order valence-corrected chi connectivity index (χ3v) is 1.39. The quantitative estimate of drug-likeness (QED) is 0.503. The fourth-order valence-electron chi connectivity index (χ4n) is 0.730. The molecule has 0 saturated carbocycles. The topological polar surface area (TPSA) is 61.9 Å². The predicted octanol–water partition coefficient (Wildman–Crippen LogP) is 0.862. The number of aryl methyl sites for hydroxylation is 2. The van der Waals surface area contributed by atoms with Crippen LogP contribution in [-0.4, -0.2) is 4.98 Å². The summed E-state index contributed by atoms with van der Waals surface area (Å²) in [6.45, 7) is 4.08. The number of hydrogen-bond donors (Lipinski definition) is 1. The number of nitriles is 1. The molecule has 11 heavy (non-hydrogen) atoms. The van der Waals surface area contributed by atoms with Crippen LogP contribution in [0.25, 0.3) is 0 Å². The average molecular weight is 151 g/mol. The Morgan fingerprint density at radius 2 is 2.36 bits per heavy atom. The lowest BCUT2D eigenvalue weighted by atomic mass is 10.4. The van der Waals surface area contributed by atoms with Gasteiger partial charge in [0.15, 0.2) is 6.19 Å². The van der Waals surface area contributed by atoms with E-state index in [9.17, 15) is 0 Å². The van der Waals surface area contributed by atoms with Crippen molar-refractivity contribution in [2.75, 3.05) is 0 Å². The summed E-state index contributed by atoms with van der Waals surface area (Å²) < 4.78 is 5.19. The molecule has 1 aromatic rings. The molecule has 0 radical (unpaired) electrons. The van der Waals surface area contributed by atoms with Gasteiger partial charge in [0, 0.05) is 0 Å². The summed E-state index contributed by atoms with van der Waals surface area (Å²) in [4.78, 5) is 4.07. The maximum Gasteiger partial charge on any atom is 0.214 e. The van der Waals surface area contributed by atoms with Gasteiger partial charge in [0.2, 0.25) is 5.89 Å². The van der Waals surface area contributed by atoms with Crippen molar-refractivity contribution in [2.24, 2.45) is 0 Å². The van der Waals surface area contributed by atoms with E-state index in [0.29, 0.717) is 12.4 Å². The minimum absolute atomic E-state index is 0.366. The smallest absolute Gasteiger partial charge is 0.214 e. The minimum atomic E-state index is 0.366. The molecule has 58 valence electrons. The SMILES string of the molecule is Cc1nc(CNC#N)oc1C. The summed E-state index contributed by atoms with van der Waals surface area (Å²) in [6.07, 6.45) is 1.79. The Labute approximate surface area is 64.8 Å². The zero-order valence-electron chi connectivity index (χ0n) is 6.51. The maximum absolute atomic E-state index is 8.17. The van der Waals surface area contributed by atoms with E-state index in [-0.39, 0.29) is 0 Å². The molecule has 0 atom stereocenters. The molecule has 0 unspecified atom stereocenters. The lowest BCUT2D eigenvalue weighted by Gasteiger charge is -1.87. The van der Waals surface area contributed by atoms with Gasteiger partial charge in [-0.2, -0.15) is 5.26 Å². The first-order valence-corrected chi connectivity index (χ1v) is 3.29. The summed E-state index contributed by atoms with van der Waals surface area (Å²) in [5.41, 5.74) is 0.875. The van der Waals surface area contributed by atoms with Crippen LogP contribution in [0.2, 0.25) is 0 Å². The Balaban J connectivity index is 2.67. The fourth-order valence-corrected chi connectivity index (χ4v) is 0.730. The molecule has 1 heterocycles. The summed E-state index contributed by atoms with van der Waals surface area (Å²) in [7, 11) is 0. The third-order valence-electron chi connectivity index (χ3n) is 1.39. The van der Waals surface area contributed by atoms with Crippen LogP contribution in [0.15, 0.2) is 4.42 Å². The molecule has 0 fully saturated rings. The van der Waals surface area contributed by atoms with E-state index in [2.05, 4.69) is 10.3 Å². The van der Waals surface area contributed by atoms with Crippen LogP contribution < -0.4 is 5.32 Å². The Bertz CT molecular complexity index is 265. The largest absolute Gasteiger partial charge is 0.444 e. The summed E-state index contributed by atoms with van der Waals surface area (Å²) >= 11 is 0. The van der Waals surface area contributed by atoms with E-state index in [1.54, 1.807) is 6.19 Å². The van der Waals surface area contributed by atoms with Crippen molar-refractivity contribution in [1.29, 1.82) is 5.26 Å². The van der Waals surface area contributed by atoms with Gasteiger partial charge in [-0.25, -0.2) is 4.98 Å². The van der Waals surface area contributed by atoms with E-state index < -0.39 is 0 Å². The molecule has 4 nitrogen and oxygen atoms in total. The van der Waals surface area contributed by atoms with Crippen LogP contribution in [0.1, 0.15) is 17.3 Å². The number of nitrogens with zero attached hydrogens (tertiary/aromatic N) is 2. The molecule has 0 aliphatic rings. The highest BCUT2D eigenvalue weighted by atomic mass is 16.4. The van der Waals surface area contributed by atoms with Gasteiger partial charge < -0.3 is 9.73 Å². The molecule has 0 saturated heterocycles. The number of rotatable bonds is 2. The second-order valence-electron chi connectivity index (χ2n) is 2.21. The Kier molecular flexibility index (Phi) is 2.12. The van der Waals surface area contributed by atoms with E-state index in [0.717, 1.165) is 11.5 Å². The van der Waals surface area contributed by atoms with E-state index in [4.69, 9.17) is 9.68 Å². The lowest BCUT2D eigenvalue weighted by Crippen LogP contribution is -2.04. The van der Waals surface area contributed by atoms with Crippen LogP contribution >= 0.6 is 0 Å². The van der Waals surface area contributed by atoms with Gasteiger partial charge in [0.05, 0.1) is 5.69 Å². The monoisotopic (exact) mass is 151 g/mol. The van der Waals surface area contributed by atoms with Crippen molar-refractivity contribution in [1.82, 2.24) is 10.3 Å². The van der Waals surface area contributed by atoms with E-state index in [1.807, 2.05) is 13.8 Å². The van der Waals surface area contributed by atoms with Gasteiger partial charge in [-0.3, -0.25) is 0 Å². The van der Waals surface area contributed by atoms with Crippen molar-refractivity contribution in [3.63, 3.8) is 0 Å². The number of oxazole rings is 1. The fraction of sp³-hybridized carbons (Fsp3) is 0.429. The first-order chi connectivity index (χ1) is 5.24. The molecule has 1 rings (SSSR count). The highest BCUT2D eigenvalue weighted by Gasteiger charge is 2.03. The Morgan fingerprint density at radius 1 is 1.64 bits per heavy atom. The normalized spacial score (nSPS) is 9.18. The van der Waals surface area contributed by atoms with Crippen molar-refractivity contribution in [3.05, 3.63) is 17.3 Å². The van der Waals surface area contributed by atoms with Crippen LogP contribution in [0.4, 0.5) is 0 Å². The van der Waals surface area contributed by atoms with Crippen molar-refractivity contribution in [3.8, 4) is 6.19 Å². The summed E-state index contributed by atoms with van der Waals surface area (Å²) in [5.74, 6) is 1.36. The second-order valence-corrected chi connectivity index (χ2v) is 2.21. The molecule has 0 bridgehead atoms. The zero-order valence-corrected chi connectivity index (χ0v) is 6.51. The molecule has 1 N–H and O–H groups in total. The second kappa shape index (κ2) is 3.06. The predicted molar refractivity (Wildman–Crippen MR) is 38.4 cm³/mol. The Hall–Kier alpha value is -1.50. The van der Waals surface area contributed by atoms with Gasteiger partial charge in [-0.1, -0.05) is 0 Å². The summed E-state index contributed by atoms with van der Waals surface area (Å²) in [5, 5.41) is 10.6. The van der Waals surface area contributed by atoms with E-state index in [1.165, 1.54) is 0 Å². The van der Waals surface area contributed by atoms with E-state index >= 15 is 0 Å².